The van der Waals surface area contributed by atoms with Crippen LogP contribution >= 0.6 is 0 Å². The second kappa shape index (κ2) is 6.46. The number of benzene rings is 1. The Bertz CT molecular complexity index is 789. The van der Waals surface area contributed by atoms with E-state index in [9.17, 15) is 14.0 Å². The van der Waals surface area contributed by atoms with Gasteiger partial charge in [0.15, 0.2) is 0 Å². The van der Waals surface area contributed by atoms with Crippen molar-refractivity contribution in [3.63, 3.8) is 0 Å². The SMILES string of the molecule is COC(=O)N1CCc2ccc(F)cc2[C@@H]1C(=O)NC12CC3CC(CC(C3)C1)C2. The number of ether oxygens (including phenoxy) is 1. The van der Waals surface area contributed by atoms with Crippen LogP contribution in [0.4, 0.5) is 9.18 Å². The van der Waals surface area contributed by atoms with Crippen molar-refractivity contribution in [3.8, 4) is 0 Å². The molecule has 4 saturated carbocycles. The first-order valence-electron chi connectivity index (χ1n) is 10.4. The van der Waals surface area contributed by atoms with Gasteiger partial charge in [-0.25, -0.2) is 9.18 Å². The van der Waals surface area contributed by atoms with Crippen molar-refractivity contribution in [1.82, 2.24) is 10.2 Å². The number of fused-ring (bicyclic) bond motifs is 1. The van der Waals surface area contributed by atoms with E-state index in [2.05, 4.69) is 5.32 Å². The van der Waals surface area contributed by atoms with Gasteiger partial charge < -0.3 is 10.1 Å². The molecule has 4 fully saturated rings. The maximum absolute atomic E-state index is 14.0. The monoisotopic (exact) mass is 386 g/mol. The summed E-state index contributed by atoms with van der Waals surface area (Å²) < 4.78 is 18.9. The number of hydrogen-bond acceptors (Lipinski definition) is 3. The van der Waals surface area contributed by atoms with E-state index in [4.69, 9.17) is 4.74 Å². The van der Waals surface area contributed by atoms with E-state index >= 15 is 0 Å². The van der Waals surface area contributed by atoms with Gasteiger partial charge in [0.25, 0.3) is 0 Å². The lowest BCUT2D eigenvalue weighted by Gasteiger charge is -2.57. The van der Waals surface area contributed by atoms with Crippen molar-refractivity contribution in [2.75, 3.05) is 13.7 Å². The highest BCUT2D eigenvalue weighted by molar-refractivity contribution is 5.88. The normalized spacial score (nSPS) is 35.4. The molecule has 28 heavy (non-hydrogen) atoms. The third-order valence-corrected chi connectivity index (χ3v) is 7.42. The quantitative estimate of drug-likeness (QED) is 0.845. The molecule has 0 saturated heterocycles. The first kappa shape index (κ1) is 18.0. The standard InChI is InChI=1S/C22H27FN2O3/c1-28-21(27)25-5-4-16-2-3-17(23)9-18(16)19(25)20(26)24-22-10-13-6-14(11-22)8-15(7-13)12-22/h2-3,9,13-15,19H,4-8,10-12H2,1H3,(H,24,26)/t13?,14?,15?,19-,22?/m1/s1. The lowest BCUT2D eigenvalue weighted by Crippen LogP contribution is -2.62. The third-order valence-electron chi connectivity index (χ3n) is 7.42. The van der Waals surface area contributed by atoms with Gasteiger partial charge in [-0.05, 0) is 86.0 Å². The highest BCUT2D eigenvalue weighted by atomic mass is 19.1. The molecule has 4 aliphatic carbocycles. The van der Waals surface area contributed by atoms with Crippen LogP contribution in [-0.4, -0.2) is 36.1 Å². The highest BCUT2D eigenvalue weighted by Crippen LogP contribution is 2.55. The minimum atomic E-state index is -0.833. The van der Waals surface area contributed by atoms with Gasteiger partial charge >= 0.3 is 6.09 Å². The van der Waals surface area contributed by atoms with Crippen molar-refractivity contribution in [3.05, 3.63) is 35.1 Å². The first-order chi connectivity index (χ1) is 13.5. The molecule has 4 bridgehead atoms. The molecule has 6 heteroatoms. The fourth-order valence-electron chi connectivity index (χ4n) is 6.78. The van der Waals surface area contributed by atoms with Crippen LogP contribution in [0.2, 0.25) is 0 Å². The lowest BCUT2D eigenvalue weighted by atomic mass is 9.53. The van der Waals surface area contributed by atoms with Crippen LogP contribution < -0.4 is 5.32 Å². The number of halogens is 1. The van der Waals surface area contributed by atoms with E-state index in [1.165, 1.54) is 43.4 Å². The molecule has 2 amide bonds. The van der Waals surface area contributed by atoms with Crippen LogP contribution in [0, 0.1) is 23.6 Å². The molecule has 1 aliphatic heterocycles. The van der Waals surface area contributed by atoms with E-state index in [1.807, 2.05) is 0 Å². The molecule has 5 aliphatic rings. The van der Waals surface area contributed by atoms with Crippen molar-refractivity contribution >= 4 is 12.0 Å². The highest BCUT2D eigenvalue weighted by Gasteiger charge is 2.52. The largest absolute Gasteiger partial charge is 0.453 e. The molecule has 0 aromatic heterocycles. The summed E-state index contributed by atoms with van der Waals surface area (Å²) in [7, 11) is 1.32. The minimum absolute atomic E-state index is 0.154. The fourth-order valence-corrected chi connectivity index (χ4v) is 6.78. The molecule has 150 valence electrons. The van der Waals surface area contributed by atoms with Crippen LogP contribution in [-0.2, 0) is 16.0 Å². The van der Waals surface area contributed by atoms with E-state index in [1.54, 1.807) is 6.07 Å². The van der Waals surface area contributed by atoms with Gasteiger partial charge in [0.2, 0.25) is 5.91 Å². The van der Waals surface area contributed by atoms with Crippen molar-refractivity contribution in [2.24, 2.45) is 17.8 Å². The van der Waals surface area contributed by atoms with Crippen LogP contribution in [0.25, 0.3) is 0 Å². The zero-order valence-electron chi connectivity index (χ0n) is 16.2. The molecular formula is C22H27FN2O3. The zero-order valence-corrected chi connectivity index (χ0v) is 16.2. The topological polar surface area (TPSA) is 58.6 Å². The number of rotatable bonds is 2. The smallest absolute Gasteiger partial charge is 0.410 e. The Morgan fingerprint density at radius 2 is 1.79 bits per heavy atom. The number of nitrogens with one attached hydrogen (secondary N) is 1. The predicted molar refractivity (Wildman–Crippen MR) is 101 cm³/mol. The molecule has 1 aromatic rings. The summed E-state index contributed by atoms with van der Waals surface area (Å²) in [5.41, 5.74) is 1.35. The molecule has 0 unspecified atom stereocenters. The Balaban J connectivity index is 1.46. The zero-order chi connectivity index (χ0) is 19.5. The number of carbonyl (C=O) groups excluding carboxylic acids is 2. The number of hydrogen-bond donors (Lipinski definition) is 1. The molecule has 0 radical (unpaired) electrons. The summed E-state index contributed by atoms with van der Waals surface area (Å²) in [4.78, 5) is 27.3. The molecule has 1 heterocycles. The van der Waals surface area contributed by atoms with Crippen molar-refractivity contribution < 1.29 is 18.7 Å². The number of amides is 2. The van der Waals surface area contributed by atoms with E-state index < -0.39 is 18.0 Å². The van der Waals surface area contributed by atoms with Crippen LogP contribution in [0.1, 0.15) is 55.7 Å². The molecule has 6 rings (SSSR count). The van der Waals surface area contributed by atoms with Gasteiger partial charge in [0.05, 0.1) is 7.11 Å². The summed E-state index contributed by atoms with van der Waals surface area (Å²) in [6, 6.07) is 3.71. The fraction of sp³-hybridized carbons (Fsp3) is 0.636. The molecule has 5 nitrogen and oxygen atoms in total. The molecule has 1 aromatic carbocycles. The van der Waals surface area contributed by atoms with Crippen LogP contribution in [0.3, 0.4) is 0 Å². The van der Waals surface area contributed by atoms with Crippen LogP contribution in [0.5, 0.6) is 0 Å². The van der Waals surface area contributed by atoms with Gasteiger partial charge in [-0.2, -0.15) is 0 Å². The average molecular weight is 386 g/mol. The van der Waals surface area contributed by atoms with Crippen molar-refractivity contribution in [1.29, 1.82) is 0 Å². The predicted octanol–water partition coefficient (Wildman–Crippen LogP) is 3.58. The molecular weight excluding hydrogens is 359 g/mol. The maximum Gasteiger partial charge on any atom is 0.410 e. The van der Waals surface area contributed by atoms with E-state index in [0.717, 1.165) is 24.8 Å². The summed E-state index contributed by atoms with van der Waals surface area (Å²) >= 11 is 0. The van der Waals surface area contributed by atoms with Gasteiger partial charge in [0.1, 0.15) is 11.9 Å². The summed E-state index contributed by atoms with van der Waals surface area (Å²) in [6.45, 7) is 0.393. The Hall–Kier alpha value is -2.11. The van der Waals surface area contributed by atoms with Crippen molar-refractivity contribution in [2.45, 2.75) is 56.5 Å². The van der Waals surface area contributed by atoms with Gasteiger partial charge in [0, 0.05) is 12.1 Å². The Morgan fingerprint density at radius 1 is 1.14 bits per heavy atom. The first-order valence-corrected chi connectivity index (χ1v) is 10.4. The molecule has 1 N–H and O–H groups in total. The van der Waals surface area contributed by atoms with Gasteiger partial charge in [-0.15, -0.1) is 0 Å². The summed E-state index contributed by atoms with van der Waals surface area (Å²) in [5, 5.41) is 3.35. The van der Waals surface area contributed by atoms with Crippen LogP contribution in [0.15, 0.2) is 18.2 Å². The van der Waals surface area contributed by atoms with E-state index in [0.29, 0.717) is 36.3 Å². The number of carbonyl (C=O) groups is 2. The third kappa shape index (κ3) is 2.88. The maximum atomic E-state index is 14.0. The van der Waals surface area contributed by atoms with E-state index in [-0.39, 0.29) is 11.4 Å². The second-order valence-electron chi connectivity index (χ2n) is 9.35. The minimum Gasteiger partial charge on any atom is -0.453 e. The van der Waals surface area contributed by atoms with Gasteiger partial charge in [-0.3, -0.25) is 9.69 Å². The molecule has 0 spiro atoms. The Morgan fingerprint density at radius 3 is 2.39 bits per heavy atom. The summed E-state index contributed by atoms with van der Waals surface area (Å²) in [6.07, 6.45) is 7.03. The number of methoxy groups -OCH3 is 1. The Kier molecular flexibility index (Phi) is 4.14. The average Bonchev–Trinajstić information content (AvgIpc) is 2.64. The second-order valence-corrected chi connectivity index (χ2v) is 9.35. The molecule has 1 atom stereocenters. The Labute approximate surface area is 164 Å². The van der Waals surface area contributed by atoms with Gasteiger partial charge in [-0.1, -0.05) is 6.07 Å². The lowest BCUT2D eigenvalue weighted by molar-refractivity contribution is -0.132. The summed E-state index contributed by atoms with van der Waals surface area (Å²) in [5.74, 6) is 1.54. The number of nitrogens with zero attached hydrogens (tertiary/aromatic N) is 1.